The molecule has 7 heteroatoms. The van der Waals surface area contributed by atoms with Gasteiger partial charge in [-0.2, -0.15) is 0 Å². The van der Waals surface area contributed by atoms with E-state index >= 15 is 0 Å². The summed E-state index contributed by atoms with van der Waals surface area (Å²) in [7, 11) is -1.83. The minimum absolute atomic E-state index is 0.0523. The lowest BCUT2D eigenvalue weighted by Gasteiger charge is -2.09. The number of carbonyl (C=O) groups is 1. The fourth-order valence-corrected chi connectivity index (χ4v) is 2.78. The van der Waals surface area contributed by atoms with Gasteiger partial charge in [0, 0.05) is 12.8 Å². The number of ether oxygens (including phenoxy) is 1. The van der Waals surface area contributed by atoms with Gasteiger partial charge in [0.1, 0.15) is 5.75 Å². The van der Waals surface area contributed by atoms with Crippen LogP contribution in [0.15, 0.2) is 47.4 Å². The zero-order valence-corrected chi connectivity index (χ0v) is 14.2. The molecule has 2 aromatic rings. The SMILES string of the molecule is COc1ccc(CNC(=O)c2cc(S(C)(=O)=O)ccc2Cl)cc1. The molecule has 0 aliphatic heterocycles. The van der Waals surface area contributed by atoms with Gasteiger partial charge >= 0.3 is 0 Å². The third kappa shape index (κ3) is 4.46. The molecule has 0 saturated heterocycles. The van der Waals surface area contributed by atoms with E-state index in [1.807, 2.05) is 12.1 Å². The molecule has 0 heterocycles. The molecule has 1 amide bonds. The lowest BCUT2D eigenvalue weighted by molar-refractivity contribution is 0.0951. The molecule has 2 aromatic carbocycles. The third-order valence-electron chi connectivity index (χ3n) is 3.22. The predicted octanol–water partition coefficient (Wildman–Crippen LogP) is 2.68. The van der Waals surface area contributed by atoms with E-state index in [9.17, 15) is 13.2 Å². The number of halogens is 1. The summed E-state index contributed by atoms with van der Waals surface area (Å²) in [5, 5.41) is 2.91. The van der Waals surface area contributed by atoms with Crippen LogP contribution in [0.3, 0.4) is 0 Å². The van der Waals surface area contributed by atoms with Crippen LogP contribution in [0.2, 0.25) is 5.02 Å². The molecule has 0 fully saturated rings. The number of hydrogen-bond acceptors (Lipinski definition) is 4. The molecule has 122 valence electrons. The van der Waals surface area contributed by atoms with Gasteiger partial charge in [-0.05, 0) is 35.9 Å². The van der Waals surface area contributed by atoms with Crippen LogP contribution in [0.1, 0.15) is 15.9 Å². The Balaban J connectivity index is 2.14. The minimum atomic E-state index is -3.40. The van der Waals surface area contributed by atoms with Crippen molar-refractivity contribution < 1.29 is 17.9 Å². The molecule has 0 bridgehead atoms. The molecular weight excluding hydrogens is 338 g/mol. The molecule has 0 saturated carbocycles. The third-order valence-corrected chi connectivity index (χ3v) is 4.66. The number of carbonyl (C=O) groups excluding carboxylic acids is 1. The number of sulfone groups is 1. The van der Waals surface area contributed by atoms with Gasteiger partial charge in [-0.15, -0.1) is 0 Å². The van der Waals surface area contributed by atoms with E-state index in [0.717, 1.165) is 17.6 Å². The molecule has 2 rings (SSSR count). The summed E-state index contributed by atoms with van der Waals surface area (Å²) in [4.78, 5) is 12.3. The number of rotatable bonds is 5. The maximum atomic E-state index is 12.2. The first kappa shape index (κ1) is 17.3. The van der Waals surface area contributed by atoms with Crippen molar-refractivity contribution in [2.75, 3.05) is 13.4 Å². The van der Waals surface area contributed by atoms with Crippen LogP contribution in [-0.2, 0) is 16.4 Å². The molecule has 0 aliphatic rings. The van der Waals surface area contributed by atoms with Crippen molar-refractivity contribution in [3.63, 3.8) is 0 Å². The Morgan fingerprint density at radius 3 is 2.39 bits per heavy atom. The number of methoxy groups -OCH3 is 1. The van der Waals surface area contributed by atoms with Crippen LogP contribution < -0.4 is 10.1 Å². The Morgan fingerprint density at radius 1 is 1.17 bits per heavy atom. The van der Waals surface area contributed by atoms with Gasteiger partial charge in [-0.25, -0.2) is 8.42 Å². The number of benzene rings is 2. The first-order valence-electron chi connectivity index (χ1n) is 6.72. The van der Waals surface area contributed by atoms with Crippen LogP contribution >= 0.6 is 11.6 Å². The van der Waals surface area contributed by atoms with Crippen molar-refractivity contribution in [2.45, 2.75) is 11.4 Å². The first-order valence-corrected chi connectivity index (χ1v) is 8.99. The maximum absolute atomic E-state index is 12.2. The zero-order valence-electron chi connectivity index (χ0n) is 12.7. The van der Waals surface area contributed by atoms with Crippen LogP contribution in [-0.4, -0.2) is 27.7 Å². The topological polar surface area (TPSA) is 72.5 Å². The monoisotopic (exact) mass is 353 g/mol. The molecule has 5 nitrogen and oxygen atoms in total. The fourth-order valence-electron chi connectivity index (χ4n) is 1.93. The lowest BCUT2D eigenvalue weighted by Crippen LogP contribution is -2.23. The lowest BCUT2D eigenvalue weighted by atomic mass is 10.2. The molecule has 1 N–H and O–H groups in total. The van der Waals surface area contributed by atoms with E-state index in [2.05, 4.69) is 5.32 Å². The normalized spacial score (nSPS) is 11.1. The summed E-state index contributed by atoms with van der Waals surface area (Å²) in [5.74, 6) is 0.292. The molecule has 23 heavy (non-hydrogen) atoms. The van der Waals surface area contributed by atoms with Crippen LogP contribution in [0.4, 0.5) is 0 Å². The summed E-state index contributed by atoms with van der Waals surface area (Å²) in [5.41, 5.74) is 1.01. The van der Waals surface area contributed by atoms with Crippen molar-refractivity contribution >= 4 is 27.3 Å². The Bertz CT molecular complexity index is 816. The van der Waals surface area contributed by atoms with Crippen molar-refractivity contribution in [1.29, 1.82) is 0 Å². The second kappa shape index (κ2) is 7.02. The van der Waals surface area contributed by atoms with Crippen molar-refractivity contribution in [3.8, 4) is 5.75 Å². The van der Waals surface area contributed by atoms with Gasteiger partial charge in [-0.1, -0.05) is 23.7 Å². The highest BCUT2D eigenvalue weighted by Crippen LogP contribution is 2.20. The molecule has 0 aromatic heterocycles. The molecule has 0 radical (unpaired) electrons. The number of nitrogens with one attached hydrogen (secondary N) is 1. The van der Waals surface area contributed by atoms with E-state index in [-0.39, 0.29) is 15.5 Å². The second-order valence-electron chi connectivity index (χ2n) is 4.94. The summed E-state index contributed by atoms with van der Waals surface area (Å²) in [6.45, 7) is 0.294. The summed E-state index contributed by atoms with van der Waals surface area (Å²) in [6, 6.07) is 11.3. The molecule has 0 aliphatic carbocycles. The Morgan fingerprint density at radius 2 is 1.83 bits per heavy atom. The predicted molar refractivity (Wildman–Crippen MR) is 88.7 cm³/mol. The quantitative estimate of drug-likeness (QED) is 0.897. The Kier molecular flexibility index (Phi) is 5.28. The van der Waals surface area contributed by atoms with Gasteiger partial charge in [0.25, 0.3) is 5.91 Å². The van der Waals surface area contributed by atoms with E-state index in [0.29, 0.717) is 6.54 Å². The maximum Gasteiger partial charge on any atom is 0.253 e. The highest BCUT2D eigenvalue weighted by molar-refractivity contribution is 7.90. The van der Waals surface area contributed by atoms with Crippen LogP contribution in [0.5, 0.6) is 5.75 Å². The van der Waals surface area contributed by atoms with Crippen molar-refractivity contribution in [1.82, 2.24) is 5.32 Å². The average Bonchev–Trinajstić information content (AvgIpc) is 2.52. The Hall–Kier alpha value is -2.05. The van der Waals surface area contributed by atoms with Crippen molar-refractivity contribution in [3.05, 3.63) is 58.6 Å². The first-order chi connectivity index (χ1) is 10.8. The minimum Gasteiger partial charge on any atom is -0.497 e. The largest absolute Gasteiger partial charge is 0.497 e. The van der Waals surface area contributed by atoms with E-state index < -0.39 is 15.7 Å². The van der Waals surface area contributed by atoms with Gasteiger partial charge < -0.3 is 10.1 Å². The fraction of sp³-hybridized carbons (Fsp3) is 0.188. The van der Waals surface area contributed by atoms with Gasteiger partial charge in [-0.3, -0.25) is 4.79 Å². The summed E-state index contributed by atoms with van der Waals surface area (Å²) in [6.07, 6.45) is 1.08. The van der Waals surface area contributed by atoms with E-state index in [1.165, 1.54) is 18.2 Å². The molecule has 0 spiro atoms. The van der Waals surface area contributed by atoms with Gasteiger partial charge in [0.05, 0.1) is 22.6 Å². The smallest absolute Gasteiger partial charge is 0.253 e. The Labute approximate surface area is 140 Å². The van der Waals surface area contributed by atoms with E-state index in [1.54, 1.807) is 19.2 Å². The summed E-state index contributed by atoms with van der Waals surface area (Å²) >= 11 is 5.99. The number of amides is 1. The van der Waals surface area contributed by atoms with Gasteiger partial charge in [0.15, 0.2) is 9.84 Å². The highest BCUT2D eigenvalue weighted by atomic mass is 35.5. The standard InChI is InChI=1S/C16H16ClNO4S/c1-22-12-5-3-11(4-6-12)10-18-16(19)14-9-13(23(2,20)21)7-8-15(14)17/h3-9H,10H2,1-2H3,(H,18,19). The second-order valence-corrected chi connectivity index (χ2v) is 7.37. The zero-order chi connectivity index (χ0) is 17.0. The van der Waals surface area contributed by atoms with Crippen LogP contribution in [0.25, 0.3) is 0 Å². The highest BCUT2D eigenvalue weighted by Gasteiger charge is 2.15. The van der Waals surface area contributed by atoms with Crippen molar-refractivity contribution in [2.24, 2.45) is 0 Å². The molecule has 0 unspecified atom stereocenters. The molecular formula is C16H16ClNO4S. The van der Waals surface area contributed by atoms with E-state index in [4.69, 9.17) is 16.3 Å². The molecule has 0 atom stereocenters. The average molecular weight is 354 g/mol. The van der Waals surface area contributed by atoms with Gasteiger partial charge in [0.2, 0.25) is 0 Å². The van der Waals surface area contributed by atoms with Crippen LogP contribution in [0, 0.1) is 0 Å². The number of hydrogen-bond donors (Lipinski definition) is 1. The summed E-state index contributed by atoms with van der Waals surface area (Å²) < 4.78 is 28.2.